The molecule has 2 aliphatic rings. The average Bonchev–Trinajstić information content (AvgIpc) is 2.59. The number of halogens is 2. The Balaban J connectivity index is 1.50. The van der Waals surface area contributed by atoms with Gasteiger partial charge >= 0.3 is 0 Å². The van der Waals surface area contributed by atoms with E-state index in [1.54, 1.807) is 17.0 Å². The van der Waals surface area contributed by atoms with Crippen molar-refractivity contribution in [2.45, 2.75) is 38.1 Å². The number of thiocarbonyl (C=S) groups is 1. The average molecular weight is 357 g/mol. The van der Waals surface area contributed by atoms with Crippen molar-refractivity contribution in [1.82, 2.24) is 4.90 Å². The second kappa shape index (κ2) is 7.77. The number of quaternary nitrogens is 1. The quantitative estimate of drug-likeness (QED) is 0.795. The molecule has 1 aromatic carbocycles. The SMILES string of the molecule is Fc1ccc(NC(=S)N2CC[NH+](C3CCCCC3)CC2)cc1Cl. The fourth-order valence-corrected chi connectivity index (χ4v) is 4.17. The van der Waals surface area contributed by atoms with Crippen LogP contribution in [-0.4, -0.2) is 42.2 Å². The van der Waals surface area contributed by atoms with Crippen LogP contribution in [0.2, 0.25) is 5.02 Å². The third kappa shape index (κ3) is 4.34. The lowest BCUT2D eigenvalue weighted by Gasteiger charge is -2.38. The molecule has 0 bridgehead atoms. The van der Waals surface area contributed by atoms with Crippen LogP contribution in [-0.2, 0) is 0 Å². The Kier molecular flexibility index (Phi) is 5.72. The highest BCUT2D eigenvalue weighted by molar-refractivity contribution is 7.80. The van der Waals surface area contributed by atoms with Crippen molar-refractivity contribution in [2.24, 2.45) is 0 Å². The summed E-state index contributed by atoms with van der Waals surface area (Å²) in [6, 6.07) is 5.45. The highest BCUT2D eigenvalue weighted by Crippen LogP contribution is 2.20. The number of nitrogens with zero attached hydrogens (tertiary/aromatic N) is 1. The van der Waals surface area contributed by atoms with Crippen LogP contribution >= 0.6 is 23.8 Å². The van der Waals surface area contributed by atoms with Crippen LogP contribution in [0.1, 0.15) is 32.1 Å². The minimum atomic E-state index is -0.409. The summed E-state index contributed by atoms with van der Waals surface area (Å²) in [4.78, 5) is 3.95. The molecule has 0 aromatic heterocycles. The first-order valence-electron chi connectivity index (χ1n) is 8.49. The number of benzene rings is 1. The van der Waals surface area contributed by atoms with Crippen LogP contribution in [0.25, 0.3) is 0 Å². The maximum absolute atomic E-state index is 13.2. The van der Waals surface area contributed by atoms with E-state index in [0.29, 0.717) is 5.11 Å². The van der Waals surface area contributed by atoms with E-state index in [4.69, 9.17) is 23.8 Å². The van der Waals surface area contributed by atoms with Gasteiger partial charge in [0.15, 0.2) is 5.11 Å². The van der Waals surface area contributed by atoms with Gasteiger partial charge in [0.2, 0.25) is 0 Å². The minimum absolute atomic E-state index is 0.115. The predicted molar refractivity (Wildman–Crippen MR) is 96.8 cm³/mol. The maximum atomic E-state index is 13.2. The number of hydrogen-bond acceptors (Lipinski definition) is 1. The Bertz CT molecular complexity index is 555. The Labute approximate surface area is 147 Å². The van der Waals surface area contributed by atoms with Gasteiger partial charge in [0.25, 0.3) is 0 Å². The molecule has 0 radical (unpaired) electrons. The minimum Gasteiger partial charge on any atom is -0.338 e. The molecule has 2 N–H and O–H groups in total. The molecule has 2 fully saturated rings. The molecule has 0 spiro atoms. The van der Waals surface area contributed by atoms with Gasteiger partial charge in [-0.15, -0.1) is 0 Å². The zero-order valence-corrected chi connectivity index (χ0v) is 14.9. The van der Waals surface area contributed by atoms with Crippen LogP contribution in [0.4, 0.5) is 10.1 Å². The highest BCUT2D eigenvalue weighted by atomic mass is 35.5. The lowest BCUT2D eigenvalue weighted by molar-refractivity contribution is -0.930. The van der Waals surface area contributed by atoms with Crippen molar-refractivity contribution in [3.8, 4) is 0 Å². The van der Waals surface area contributed by atoms with Crippen molar-refractivity contribution in [1.29, 1.82) is 0 Å². The first-order chi connectivity index (χ1) is 11.1. The van der Waals surface area contributed by atoms with Crippen molar-refractivity contribution >= 4 is 34.6 Å². The number of hydrogen-bond donors (Lipinski definition) is 2. The first kappa shape index (κ1) is 16.9. The van der Waals surface area contributed by atoms with E-state index >= 15 is 0 Å². The van der Waals surface area contributed by atoms with Gasteiger partial charge in [0, 0.05) is 5.69 Å². The fourth-order valence-electron chi connectivity index (χ4n) is 3.69. The standard InChI is InChI=1S/C17H23ClFN3S/c18-15-12-13(6-7-16(15)19)20-17(23)22-10-8-21(9-11-22)14-4-2-1-3-5-14/h6-7,12,14H,1-5,8-11H2,(H,20,23)/p+1. The van der Waals surface area contributed by atoms with Gasteiger partial charge in [-0.3, -0.25) is 0 Å². The Hall–Kier alpha value is -0.910. The van der Waals surface area contributed by atoms with Crippen molar-refractivity contribution < 1.29 is 9.29 Å². The molecule has 3 rings (SSSR count). The van der Waals surface area contributed by atoms with E-state index in [9.17, 15) is 4.39 Å². The summed E-state index contributed by atoms with van der Waals surface area (Å²) in [6.07, 6.45) is 6.95. The summed E-state index contributed by atoms with van der Waals surface area (Å²) in [5.74, 6) is -0.409. The lowest BCUT2D eigenvalue weighted by Crippen LogP contribution is -3.18. The fraction of sp³-hybridized carbons (Fsp3) is 0.588. The van der Waals surface area contributed by atoms with Gasteiger partial charge in [-0.2, -0.15) is 0 Å². The molecular formula is C17H24ClFN3S+. The van der Waals surface area contributed by atoms with Crippen LogP contribution < -0.4 is 10.2 Å². The summed E-state index contributed by atoms with van der Waals surface area (Å²) in [6.45, 7) is 4.26. The van der Waals surface area contributed by atoms with Crippen LogP contribution in [0.15, 0.2) is 18.2 Å². The zero-order valence-electron chi connectivity index (χ0n) is 13.3. The van der Waals surface area contributed by atoms with Crippen LogP contribution in [0.5, 0.6) is 0 Å². The molecule has 3 nitrogen and oxygen atoms in total. The van der Waals surface area contributed by atoms with E-state index in [0.717, 1.165) is 37.9 Å². The molecule has 0 unspecified atom stereocenters. The van der Waals surface area contributed by atoms with E-state index in [1.807, 2.05) is 0 Å². The molecule has 1 aromatic rings. The topological polar surface area (TPSA) is 19.7 Å². The molecule has 0 atom stereocenters. The maximum Gasteiger partial charge on any atom is 0.173 e. The Morgan fingerprint density at radius 1 is 1.22 bits per heavy atom. The van der Waals surface area contributed by atoms with Crippen molar-refractivity contribution in [3.05, 3.63) is 29.0 Å². The summed E-state index contributed by atoms with van der Waals surface area (Å²) in [7, 11) is 0. The number of rotatable bonds is 2. The highest BCUT2D eigenvalue weighted by Gasteiger charge is 2.29. The normalized spacial score (nSPS) is 20.5. The summed E-state index contributed by atoms with van der Waals surface area (Å²) in [5.41, 5.74) is 0.739. The Morgan fingerprint density at radius 3 is 2.57 bits per heavy atom. The molecular weight excluding hydrogens is 333 g/mol. The first-order valence-corrected chi connectivity index (χ1v) is 9.27. The van der Waals surface area contributed by atoms with E-state index in [-0.39, 0.29) is 5.02 Å². The molecule has 6 heteroatoms. The van der Waals surface area contributed by atoms with Gasteiger partial charge in [0.1, 0.15) is 5.82 Å². The second-order valence-corrected chi connectivity index (χ2v) is 7.33. The third-order valence-electron chi connectivity index (χ3n) is 5.05. The molecule has 1 aliphatic heterocycles. The van der Waals surface area contributed by atoms with Gasteiger partial charge < -0.3 is 15.1 Å². The summed E-state index contributed by atoms with van der Waals surface area (Å²) < 4.78 is 13.2. The van der Waals surface area contributed by atoms with E-state index < -0.39 is 5.82 Å². The van der Waals surface area contributed by atoms with Crippen molar-refractivity contribution in [3.63, 3.8) is 0 Å². The van der Waals surface area contributed by atoms with Gasteiger partial charge in [-0.05, 0) is 56.1 Å². The largest absolute Gasteiger partial charge is 0.338 e. The monoisotopic (exact) mass is 356 g/mol. The lowest BCUT2D eigenvalue weighted by atomic mass is 9.94. The van der Waals surface area contributed by atoms with E-state index in [2.05, 4.69) is 10.2 Å². The molecule has 23 heavy (non-hydrogen) atoms. The number of piperazine rings is 1. The van der Waals surface area contributed by atoms with Gasteiger partial charge in [-0.25, -0.2) is 4.39 Å². The molecule has 1 saturated carbocycles. The zero-order chi connectivity index (χ0) is 16.2. The van der Waals surface area contributed by atoms with E-state index in [1.165, 1.54) is 38.2 Å². The number of anilines is 1. The number of nitrogens with one attached hydrogen (secondary N) is 2. The second-order valence-electron chi connectivity index (χ2n) is 6.54. The summed E-state index contributed by atoms with van der Waals surface area (Å²) >= 11 is 11.3. The summed E-state index contributed by atoms with van der Waals surface area (Å²) in [5, 5.41) is 3.99. The smallest absolute Gasteiger partial charge is 0.173 e. The van der Waals surface area contributed by atoms with Gasteiger partial charge in [0.05, 0.1) is 37.2 Å². The van der Waals surface area contributed by atoms with Crippen molar-refractivity contribution in [2.75, 3.05) is 31.5 Å². The van der Waals surface area contributed by atoms with Crippen LogP contribution in [0, 0.1) is 5.82 Å². The van der Waals surface area contributed by atoms with Crippen LogP contribution in [0.3, 0.4) is 0 Å². The predicted octanol–water partition coefficient (Wildman–Crippen LogP) is 2.71. The third-order valence-corrected chi connectivity index (χ3v) is 5.70. The molecule has 126 valence electrons. The Morgan fingerprint density at radius 2 is 1.91 bits per heavy atom. The molecule has 1 heterocycles. The molecule has 1 saturated heterocycles. The van der Waals surface area contributed by atoms with Gasteiger partial charge in [-0.1, -0.05) is 18.0 Å². The molecule has 1 aliphatic carbocycles. The molecule has 0 amide bonds.